The van der Waals surface area contributed by atoms with Crippen molar-refractivity contribution < 1.29 is 14.6 Å². The summed E-state index contributed by atoms with van der Waals surface area (Å²) < 4.78 is 5.06. The Hall–Kier alpha value is -2.28. The van der Waals surface area contributed by atoms with Gasteiger partial charge in [-0.05, 0) is 18.9 Å². The molecule has 0 aliphatic rings. The molecule has 106 valence electrons. The number of nitrogens with zero attached hydrogens (tertiary/aromatic N) is 3. The first kappa shape index (κ1) is 14.1. The van der Waals surface area contributed by atoms with Crippen LogP contribution < -0.4 is 0 Å². The smallest absolute Gasteiger partial charge is 0.282 e. The average molecular weight is 277 g/mol. The Morgan fingerprint density at radius 1 is 1.50 bits per heavy atom. The number of rotatable bonds is 5. The zero-order valence-electron chi connectivity index (χ0n) is 11.2. The number of benzene rings is 1. The van der Waals surface area contributed by atoms with Crippen molar-refractivity contribution in [1.29, 1.82) is 0 Å². The van der Waals surface area contributed by atoms with Gasteiger partial charge in [0.05, 0.1) is 4.92 Å². The summed E-state index contributed by atoms with van der Waals surface area (Å²) >= 11 is 0. The van der Waals surface area contributed by atoms with Gasteiger partial charge in [-0.1, -0.05) is 30.6 Å². The van der Waals surface area contributed by atoms with Crippen molar-refractivity contribution in [3.8, 4) is 11.5 Å². The highest BCUT2D eigenvalue weighted by Crippen LogP contribution is 2.32. The van der Waals surface area contributed by atoms with Crippen molar-refractivity contribution in [3.05, 3.63) is 39.7 Å². The van der Waals surface area contributed by atoms with E-state index in [2.05, 4.69) is 10.1 Å². The Kier molecular flexibility index (Phi) is 4.09. The molecule has 7 nitrogen and oxygen atoms in total. The second-order valence-corrected chi connectivity index (χ2v) is 4.49. The van der Waals surface area contributed by atoms with Crippen molar-refractivity contribution in [1.82, 2.24) is 10.1 Å². The Bertz CT molecular complexity index is 624. The van der Waals surface area contributed by atoms with Crippen LogP contribution in [0.3, 0.4) is 0 Å². The van der Waals surface area contributed by atoms with E-state index in [-0.39, 0.29) is 17.4 Å². The number of aliphatic hydroxyl groups excluding tert-OH is 1. The molecule has 0 fully saturated rings. The summed E-state index contributed by atoms with van der Waals surface area (Å²) in [5.41, 5.74) is 0.865. The Morgan fingerprint density at radius 3 is 2.90 bits per heavy atom. The number of aliphatic hydroxyl groups is 1. The predicted octanol–water partition coefficient (Wildman–Crippen LogP) is 2.79. The second-order valence-electron chi connectivity index (χ2n) is 4.49. The van der Waals surface area contributed by atoms with Crippen molar-refractivity contribution in [2.24, 2.45) is 0 Å². The molecule has 20 heavy (non-hydrogen) atoms. The molecule has 1 atom stereocenters. The maximum atomic E-state index is 11.1. The van der Waals surface area contributed by atoms with Crippen LogP contribution in [0.25, 0.3) is 11.5 Å². The van der Waals surface area contributed by atoms with Crippen LogP contribution in [0.4, 0.5) is 5.69 Å². The lowest BCUT2D eigenvalue weighted by atomic mass is 10.1. The molecular formula is C13H15N3O4. The van der Waals surface area contributed by atoms with Gasteiger partial charge < -0.3 is 9.63 Å². The molecule has 0 amide bonds. The number of hydrogen-bond donors (Lipinski definition) is 1. The minimum absolute atomic E-state index is 0.0555. The van der Waals surface area contributed by atoms with Gasteiger partial charge >= 0.3 is 0 Å². The monoisotopic (exact) mass is 277 g/mol. The number of nitro benzene ring substituents is 1. The van der Waals surface area contributed by atoms with Gasteiger partial charge in [0, 0.05) is 6.07 Å². The fraction of sp³-hybridized carbons (Fsp3) is 0.385. The summed E-state index contributed by atoms with van der Waals surface area (Å²) in [4.78, 5) is 14.6. The lowest BCUT2D eigenvalue weighted by Crippen LogP contribution is -1.99. The molecule has 7 heteroatoms. The molecule has 1 N–H and O–H groups in total. The number of hydrogen-bond acceptors (Lipinski definition) is 6. The molecule has 1 aromatic heterocycles. The summed E-state index contributed by atoms with van der Waals surface area (Å²) in [5, 5.41) is 24.6. The van der Waals surface area contributed by atoms with Gasteiger partial charge in [0.1, 0.15) is 11.7 Å². The standard InChI is InChI=1S/C13H15N3O4/c1-3-5-10(17)12-14-13(20-15-12)11-8(2)6-4-7-9(11)16(18)19/h4,6-7,10,17H,3,5H2,1-2H3. The van der Waals surface area contributed by atoms with Gasteiger partial charge in [0.25, 0.3) is 11.6 Å². The van der Waals surface area contributed by atoms with Crippen molar-refractivity contribution in [2.45, 2.75) is 32.8 Å². The third-order valence-corrected chi connectivity index (χ3v) is 2.96. The van der Waals surface area contributed by atoms with E-state index >= 15 is 0 Å². The molecule has 0 aliphatic heterocycles. The van der Waals surface area contributed by atoms with Crippen LogP contribution in [0.15, 0.2) is 22.7 Å². The van der Waals surface area contributed by atoms with E-state index < -0.39 is 11.0 Å². The highest BCUT2D eigenvalue weighted by molar-refractivity contribution is 5.70. The molecule has 0 aliphatic carbocycles. The van der Waals surface area contributed by atoms with E-state index in [1.54, 1.807) is 19.1 Å². The highest BCUT2D eigenvalue weighted by Gasteiger charge is 2.24. The molecule has 0 saturated carbocycles. The van der Waals surface area contributed by atoms with Crippen LogP contribution in [0, 0.1) is 17.0 Å². The lowest BCUT2D eigenvalue weighted by Gasteiger charge is -2.02. The predicted molar refractivity (Wildman–Crippen MR) is 71.0 cm³/mol. The van der Waals surface area contributed by atoms with E-state index in [1.807, 2.05) is 6.92 Å². The summed E-state index contributed by atoms with van der Waals surface area (Å²) in [6.07, 6.45) is 0.463. The van der Waals surface area contributed by atoms with E-state index in [0.29, 0.717) is 17.5 Å². The molecule has 0 radical (unpaired) electrons. The minimum Gasteiger partial charge on any atom is -0.385 e. The SMILES string of the molecule is CCCC(O)c1noc(-c2c(C)cccc2[N+](=O)[O-])n1. The van der Waals surface area contributed by atoms with Gasteiger partial charge in [-0.15, -0.1) is 0 Å². The van der Waals surface area contributed by atoms with Gasteiger partial charge in [0.15, 0.2) is 0 Å². The van der Waals surface area contributed by atoms with Gasteiger partial charge in [0.2, 0.25) is 5.82 Å². The molecule has 0 bridgehead atoms. The molecule has 1 unspecified atom stereocenters. The molecule has 2 rings (SSSR count). The fourth-order valence-electron chi connectivity index (χ4n) is 1.96. The molecular weight excluding hydrogens is 262 g/mol. The van der Waals surface area contributed by atoms with E-state index in [4.69, 9.17) is 4.52 Å². The van der Waals surface area contributed by atoms with Gasteiger partial charge in [-0.2, -0.15) is 4.98 Å². The first-order chi connectivity index (χ1) is 9.54. The number of nitro groups is 1. The Labute approximate surface area is 115 Å². The van der Waals surface area contributed by atoms with Crippen molar-refractivity contribution in [2.75, 3.05) is 0 Å². The zero-order valence-corrected chi connectivity index (χ0v) is 11.2. The van der Waals surface area contributed by atoms with Crippen LogP contribution in [0.5, 0.6) is 0 Å². The van der Waals surface area contributed by atoms with Gasteiger partial charge in [-0.3, -0.25) is 10.1 Å². The first-order valence-corrected chi connectivity index (χ1v) is 6.30. The summed E-state index contributed by atoms with van der Waals surface area (Å²) in [5.74, 6) is 0.208. The molecule has 2 aromatic rings. The Balaban J connectivity index is 2.45. The number of aromatic nitrogens is 2. The van der Waals surface area contributed by atoms with Crippen molar-refractivity contribution in [3.63, 3.8) is 0 Å². The summed E-state index contributed by atoms with van der Waals surface area (Å²) in [7, 11) is 0. The fourth-order valence-corrected chi connectivity index (χ4v) is 1.96. The summed E-state index contributed by atoms with van der Waals surface area (Å²) in [6.45, 7) is 3.66. The van der Waals surface area contributed by atoms with Crippen LogP contribution in [0.1, 0.15) is 37.3 Å². The molecule has 1 aromatic carbocycles. The normalized spacial score (nSPS) is 12.3. The van der Waals surface area contributed by atoms with E-state index in [9.17, 15) is 15.2 Å². The van der Waals surface area contributed by atoms with Crippen LogP contribution in [-0.2, 0) is 0 Å². The Morgan fingerprint density at radius 2 is 2.25 bits per heavy atom. The minimum atomic E-state index is -0.819. The van der Waals surface area contributed by atoms with Crippen LogP contribution >= 0.6 is 0 Å². The third kappa shape index (κ3) is 2.67. The quantitative estimate of drug-likeness (QED) is 0.665. The van der Waals surface area contributed by atoms with Gasteiger partial charge in [-0.25, -0.2) is 0 Å². The third-order valence-electron chi connectivity index (χ3n) is 2.96. The highest BCUT2D eigenvalue weighted by atomic mass is 16.6. The topological polar surface area (TPSA) is 102 Å². The molecule has 0 spiro atoms. The lowest BCUT2D eigenvalue weighted by molar-refractivity contribution is -0.384. The first-order valence-electron chi connectivity index (χ1n) is 6.30. The maximum absolute atomic E-state index is 11.1. The van der Waals surface area contributed by atoms with E-state index in [1.165, 1.54) is 6.07 Å². The van der Waals surface area contributed by atoms with Crippen LogP contribution in [0.2, 0.25) is 0 Å². The van der Waals surface area contributed by atoms with Crippen molar-refractivity contribution >= 4 is 5.69 Å². The second kappa shape index (κ2) is 5.79. The summed E-state index contributed by atoms with van der Waals surface area (Å²) in [6, 6.07) is 4.71. The average Bonchev–Trinajstić information content (AvgIpc) is 2.88. The largest absolute Gasteiger partial charge is 0.385 e. The van der Waals surface area contributed by atoms with E-state index in [0.717, 1.165) is 6.42 Å². The van der Waals surface area contributed by atoms with Crippen LogP contribution in [-0.4, -0.2) is 20.2 Å². The molecule has 0 saturated heterocycles. The zero-order chi connectivity index (χ0) is 14.7. The molecule has 1 heterocycles. The number of aryl methyl sites for hydroxylation is 1. The maximum Gasteiger partial charge on any atom is 0.282 e.